The van der Waals surface area contributed by atoms with Crippen molar-refractivity contribution in [2.75, 3.05) is 38.9 Å². The second kappa shape index (κ2) is 8.51. The number of benzene rings is 1. The summed E-state index contributed by atoms with van der Waals surface area (Å²) >= 11 is 1.95. The second-order valence-electron chi connectivity index (χ2n) is 5.06. The number of nitrogens with one attached hydrogen (secondary N) is 1. The fourth-order valence-electron chi connectivity index (χ4n) is 2.47. The molecular formula is C16H25NO3S. The van der Waals surface area contributed by atoms with Crippen LogP contribution in [0.2, 0.25) is 0 Å². The largest absolute Gasteiger partial charge is 0.497 e. The van der Waals surface area contributed by atoms with Crippen LogP contribution >= 0.6 is 11.8 Å². The van der Waals surface area contributed by atoms with Crippen LogP contribution < -0.4 is 14.8 Å². The highest BCUT2D eigenvalue weighted by molar-refractivity contribution is 7.99. The monoisotopic (exact) mass is 311 g/mol. The fraction of sp³-hybridized carbons (Fsp3) is 0.625. The molecule has 0 spiro atoms. The quantitative estimate of drug-likeness (QED) is 0.838. The molecule has 0 saturated carbocycles. The van der Waals surface area contributed by atoms with E-state index in [0.29, 0.717) is 0 Å². The molecule has 1 aromatic carbocycles. The molecule has 1 aliphatic heterocycles. The first-order valence-corrected chi connectivity index (χ1v) is 8.59. The van der Waals surface area contributed by atoms with Crippen molar-refractivity contribution in [1.29, 1.82) is 0 Å². The van der Waals surface area contributed by atoms with Crippen molar-refractivity contribution in [2.45, 2.75) is 25.5 Å². The zero-order chi connectivity index (χ0) is 15.1. The maximum absolute atomic E-state index is 5.97. The van der Waals surface area contributed by atoms with Crippen molar-refractivity contribution in [3.05, 3.63) is 23.8 Å². The van der Waals surface area contributed by atoms with E-state index < -0.39 is 0 Å². The lowest BCUT2D eigenvalue weighted by atomic mass is 10.0. The molecule has 0 aromatic heterocycles. The molecule has 4 nitrogen and oxygen atoms in total. The van der Waals surface area contributed by atoms with Gasteiger partial charge in [-0.2, -0.15) is 11.8 Å². The molecule has 2 atom stereocenters. The molecule has 1 heterocycles. The Labute approximate surface area is 131 Å². The minimum atomic E-state index is 0.168. The first-order chi connectivity index (χ1) is 10.3. The van der Waals surface area contributed by atoms with Crippen molar-refractivity contribution in [3.8, 4) is 11.5 Å². The Hall–Kier alpha value is -0.910. The van der Waals surface area contributed by atoms with Crippen LogP contribution in [-0.2, 0) is 4.74 Å². The Balaban J connectivity index is 2.25. The molecule has 2 rings (SSSR count). The molecule has 1 aliphatic rings. The molecule has 0 bridgehead atoms. The molecule has 1 fully saturated rings. The second-order valence-corrected chi connectivity index (χ2v) is 6.21. The van der Waals surface area contributed by atoms with Crippen LogP contribution in [-0.4, -0.2) is 45.0 Å². The number of hydrogen-bond donors (Lipinski definition) is 1. The third kappa shape index (κ3) is 4.53. The number of methoxy groups -OCH3 is 2. The molecule has 0 radical (unpaired) electrons. The number of ether oxygens (including phenoxy) is 3. The van der Waals surface area contributed by atoms with E-state index in [2.05, 4.69) is 24.4 Å². The third-order valence-electron chi connectivity index (χ3n) is 3.56. The number of hydrogen-bond acceptors (Lipinski definition) is 5. The van der Waals surface area contributed by atoms with Gasteiger partial charge in [-0.15, -0.1) is 0 Å². The van der Waals surface area contributed by atoms with Crippen LogP contribution in [0.1, 0.15) is 24.9 Å². The topological polar surface area (TPSA) is 39.7 Å². The highest BCUT2D eigenvalue weighted by Crippen LogP contribution is 2.31. The Morgan fingerprint density at radius 3 is 2.52 bits per heavy atom. The van der Waals surface area contributed by atoms with Gasteiger partial charge < -0.3 is 19.5 Å². The van der Waals surface area contributed by atoms with Gasteiger partial charge in [0, 0.05) is 17.6 Å². The third-order valence-corrected chi connectivity index (χ3v) is 4.58. The predicted molar refractivity (Wildman–Crippen MR) is 87.6 cm³/mol. The van der Waals surface area contributed by atoms with Gasteiger partial charge in [-0.25, -0.2) is 0 Å². The van der Waals surface area contributed by atoms with Gasteiger partial charge in [0.2, 0.25) is 0 Å². The summed E-state index contributed by atoms with van der Waals surface area (Å²) in [7, 11) is 3.36. The number of rotatable bonds is 7. The lowest BCUT2D eigenvalue weighted by Gasteiger charge is -2.31. The Morgan fingerprint density at radius 1 is 1.29 bits per heavy atom. The van der Waals surface area contributed by atoms with E-state index in [4.69, 9.17) is 14.2 Å². The molecule has 1 N–H and O–H groups in total. The Kier molecular flexibility index (Phi) is 6.67. The van der Waals surface area contributed by atoms with Crippen LogP contribution in [0.15, 0.2) is 18.2 Å². The zero-order valence-corrected chi connectivity index (χ0v) is 13.9. The summed E-state index contributed by atoms with van der Waals surface area (Å²) in [6.07, 6.45) is 1.28. The smallest absolute Gasteiger partial charge is 0.122 e. The summed E-state index contributed by atoms with van der Waals surface area (Å²) in [5.74, 6) is 3.73. The van der Waals surface area contributed by atoms with Crippen molar-refractivity contribution in [2.24, 2.45) is 0 Å². The highest BCUT2D eigenvalue weighted by Gasteiger charge is 2.26. The van der Waals surface area contributed by atoms with E-state index in [0.717, 1.165) is 48.1 Å². The first-order valence-electron chi connectivity index (χ1n) is 7.44. The van der Waals surface area contributed by atoms with Gasteiger partial charge in [0.1, 0.15) is 11.5 Å². The van der Waals surface area contributed by atoms with E-state index >= 15 is 0 Å². The zero-order valence-electron chi connectivity index (χ0n) is 13.1. The van der Waals surface area contributed by atoms with Crippen LogP contribution in [0.3, 0.4) is 0 Å². The summed E-state index contributed by atoms with van der Waals surface area (Å²) < 4.78 is 16.7. The lowest BCUT2D eigenvalue weighted by molar-refractivity contribution is 0.0467. The molecular weight excluding hydrogens is 286 g/mol. The van der Waals surface area contributed by atoms with Crippen LogP contribution in [0, 0.1) is 0 Å². The molecule has 0 aliphatic carbocycles. The van der Waals surface area contributed by atoms with E-state index in [-0.39, 0.29) is 12.1 Å². The Morgan fingerprint density at radius 2 is 2.00 bits per heavy atom. The normalized spacial score (nSPS) is 20.0. The minimum Gasteiger partial charge on any atom is -0.497 e. The van der Waals surface area contributed by atoms with E-state index in [1.165, 1.54) is 0 Å². The first kappa shape index (κ1) is 16.5. The SMILES string of the molecule is CCCNC(c1cc(OC)cc(OC)c1)C1CSCCO1. The van der Waals surface area contributed by atoms with Gasteiger partial charge in [-0.05, 0) is 30.7 Å². The summed E-state index contributed by atoms with van der Waals surface area (Å²) in [5, 5.41) is 3.61. The Bertz CT molecular complexity index is 413. The summed E-state index contributed by atoms with van der Waals surface area (Å²) in [4.78, 5) is 0. The van der Waals surface area contributed by atoms with Crippen molar-refractivity contribution >= 4 is 11.8 Å². The van der Waals surface area contributed by atoms with Crippen LogP contribution in [0.4, 0.5) is 0 Å². The van der Waals surface area contributed by atoms with E-state index in [1.807, 2.05) is 17.8 Å². The summed E-state index contributed by atoms with van der Waals surface area (Å²) in [6, 6.07) is 6.20. The van der Waals surface area contributed by atoms with Gasteiger partial charge in [0.05, 0.1) is 33.0 Å². The molecule has 1 saturated heterocycles. The molecule has 118 valence electrons. The maximum Gasteiger partial charge on any atom is 0.122 e. The van der Waals surface area contributed by atoms with Crippen LogP contribution in [0.25, 0.3) is 0 Å². The van der Waals surface area contributed by atoms with Crippen LogP contribution in [0.5, 0.6) is 11.5 Å². The van der Waals surface area contributed by atoms with Crippen molar-refractivity contribution in [3.63, 3.8) is 0 Å². The molecule has 2 unspecified atom stereocenters. The minimum absolute atomic E-state index is 0.168. The molecule has 1 aromatic rings. The van der Waals surface area contributed by atoms with Crippen molar-refractivity contribution < 1.29 is 14.2 Å². The molecule has 5 heteroatoms. The van der Waals surface area contributed by atoms with Crippen molar-refractivity contribution in [1.82, 2.24) is 5.32 Å². The maximum atomic E-state index is 5.97. The van der Waals surface area contributed by atoms with E-state index in [1.54, 1.807) is 14.2 Å². The fourth-order valence-corrected chi connectivity index (χ4v) is 3.37. The van der Waals surface area contributed by atoms with Gasteiger partial charge in [0.25, 0.3) is 0 Å². The predicted octanol–water partition coefficient (Wildman–Crippen LogP) is 2.88. The van der Waals surface area contributed by atoms with Gasteiger partial charge in [-0.3, -0.25) is 0 Å². The summed E-state index contributed by atoms with van der Waals surface area (Å²) in [6.45, 7) is 3.96. The summed E-state index contributed by atoms with van der Waals surface area (Å²) in [5.41, 5.74) is 1.16. The molecule has 21 heavy (non-hydrogen) atoms. The average Bonchev–Trinajstić information content (AvgIpc) is 2.55. The van der Waals surface area contributed by atoms with Gasteiger partial charge >= 0.3 is 0 Å². The highest BCUT2D eigenvalue weighted by atomic mass is 32.2. The average molecular weight is 311 g/mol. The lowest BCUT2D eigenvalue weighted by Crippen LogP contribution is -2.38. The van der Waals surface area contributed by atoms with Gasteiger partial charge in [-0.1, -0.05) is 6.92 Å². The molecule has 0 amide bonds. The van der Waals surface area contributed by atoms with Gasteiger partial charge in [0.15, 0.2) is 0 Å². The standard InChI is InChI=1S/C16H25NO3S/c1-4-5-17-16(15-11-21-7-6-20-15)12-8-13(18-2)10-14(9-12)19-3/h8-10,15-17H,4-7,11H2,1-3H3. The van der Waals surface area contributed by atoms with E-state index in [9.17, 15) is 0 Å². The number of thioether (sulfide) groups is 1.